The quantitative estimate of drug-likeness (QED) is 0.767. The number of pyridine rings is 1. The summed E-state index contributed by atoms with van der Waals surface area (Å²) < 4.78 is 2.19. The summed E-state index contributed by atoms with van der Waals surface area (Å²) in [6.07, 6.45) is 0. The highest BCUT2D eigenvalue weighted by Gasteiger charge is 2.30. The Labute approximate surface area is 107 Å². The average Bonchev–Trinajstić information content (AvgIpc) is 2.73. The van der Waals surface area contributed by atoms with E-state index in [-0.39, 0.29) is 5.43 Å². The molecule has 0 spiro atoms. The monoisotopic (exact) mass is 242 g/mol. The van der Waals surface area contributed by atoms with Gasteiger partial charge in [-0.2, -0.15) is 0 Å². The Hall–Kier alpha value is -1.61. The van der Waals surface area contributed by atoms with Crippen molar-refractivity contribution in [2.45, 2.75) is 26.4 Å². The lowest BCUT2D eigenvalue weighted by molar-refractivity contribution is 0.238. The summed E-state index contributed by atoms with van der Waals surface area (Å²) in [5.74, 6) is 0. The number of rotatable bonds is 1. The Kier molecular flexibility index (Phi) is 2.52. The number of para-hydroxylation sites is 1. The van der Waals surface area contributed by atoms with Crippen LogP contribution in [0.4, 0.5) is 0 Å². The van der Waals surface area contributed by atoms with Crippen LogP contribution in [0.5, 0.6) is 0 Å². The first-order chi connectivity index (χ1) is 8.65. The van der Waals surface area contributed by atoms with Gasteiger partial charge in [-0.15, -0.1) is 0 Å². The maximum absolute atomic E-state index is 12.5. The molecule has 1 unspecified atom stereocenters. The number of hydrogen-bond donors (Lipinski definition) is 0. The van der Waals surface area contributed by atoms with E-state index in [9.17, 15) is 4.79 Å². The lowest BCUT2D eigenvalue weighted by atomic mass is 10.1. The van der Waals surface area contributed by atoms with Crippen molar-refractivity contribution in [3.8, 4) is 0 Å². The van der Waals surface area contributed by atoms with Gasteiger partial charge in [0, 0.05) is 36.3 Å². The predicted molar refractivity (Wildman–Crippen MR) is 73.7 cm³/mol. The molecule has 1 atom stereocenters. The fraction of sp³-hybridized carbons (Fsp3) is 0.400. The fourth-order valence-corrected chi connectivity index (χ4v) is 3.15. The molecule has 2 heterocycles. The minimum absolute atomic E-state index is 0.210. The molecule has 0 N–H and O–H groups in total. The van der Waals surface area contributed by atoms with Crippen LogP contribution in [0.2, 0.25) is 0 Å². The number of fused-ring (bicyclic) bond motifs is 2. The summed E-state index contributed by atoms with van der Waals surface area (Å²) in [5.41, 5.74) is 3.40. The second-order valence-corrected chi connectivity index (χ2v) is 5.01. The first kappa shape index (κ1) is 11.5. The third-order valence-corrected chi connectivity index (χ3v) is 4.17. The van der Waals surface area contributed by atoms with Gasteiger partial charge in [0.15, 0.2) is 5.43 Å². The standard InChI is InChI=1S/C15H18N2O/c1-4-17-9-12-14(10(17)2)16(3)13-8-6-5-7-11(13)15(12)18/h5-8,10H,4,9H2,1-3H3. The van der Waals surface area contributed by atoms with Gasteiger partial charge in [-0.05, 0) is 25.6 Å². The highest BCUT2D eigenvalue weighted by Crippen LogP contribution is 2.32. The van der Waals surface area contributed by atoms with Crippen molar-refractivity contribution in [3.63, 3.8) is 0 Å². The van der Waals surface area contributed by atoms with E-state index in [4.69, 9.17) is 0 Å². The van der Waals surface area contributed by atoms with Gasteiger partial charge in [-0.3, -0.25) is 9.69 Å². The molecule has 1 aromatic heterocycles. The van der Waals surface area contributed by atoms with Crippen LogP contribution in [-0.2, 0) is 13.6 Å². The van der Waals surface area contributed by atoms with Crippen LogP contribution < -0.4 is 5.43 Å². The van der Waals surface area contributed by atoms with Gasteiger partial charge in [0.2, 0.25) is 0 Å². The maximum Gasteiger partial charge on any atom is 0.194 e. The van der Waals surface area contributed by atoms with Crippen molar-refractivity contribution < 1.29 is 0 Å². The summed E-state index contributed by atoms with van der Waals surface area (Å²) in [6, 6.07) is 8.21. The number of aryl methyl sites for hydroxylation is 1. The smallest absolute Gasteiger partial charge is 0.194 e. The van der Waals surface area contributed by atoms with Gasteiger partial charge in [-0.25, -0.2) is 0 Å². The van der Waals surface area contributed by atoms with E-state index in [1.54, 1.807) is 0 Å². The van der Waals surface area contributed by atoms with E-state index >= 15 is 0 Å². The number of hydrogen-bond acceptors (Lipinski definition) is 2. The zero-order chi connectivity index (χ0) is 12.9. The Balaban J connectivity index is 2.39. The summed E-state index contributed by atoms with van der Waals surface area (Å²) in [7, 11) is 2.07. The van der Waals surface area contributed by atoms with E-state index in [0.717, 1.165) is 29.6 Å². The number of nitrogens with zero attached hydrogens (tertiary/aromatic N) is 2. The van der Waals surface area contributed by atoms with Crippen LogP contribution >= 0.6 is 0 Å². The molecule has 3 heteroatoms. The minimum Gasteiger partial charge on any atom is -0.346 e. The molecule has 3 nitrogen and oxygen atoms in total. The molecule has 1 aliphatic rings. The van der Waals surface area contributed by atoms with E-state index in [1.165, 1.54) is 5.69 Å². The lowest BCUT2D eigenvalue weighted by Crippen LogP contribution is -2.20. The van der Waals surface area contributed by atoms with Gasteiger partial charge in [-0.1, -0.05) is 19.1 Å². The Bertz CT molecular complexity index is 672. The van der Waals surface area contributed by atoms with Gasteiger partial charge in [0.1, 0.15) is 0 Å². The molecule has 0 aliphatic carbocycles. The zero-order valence-corrected chi connectivity index (χ0v) is 11.1. The molecule has 0 bridgehead atoms. The molecule has 18 heavy (non-hydrogen) atoms. The summed E-state index contributed by atoms with van der Waals surface area (Å²) in [5, 5.41) is 0.837. The molecule has 3 rings (SSSR count). The fourth-order valence-electron chi connectivity index (χ4n) is 3.15. The van der Waals surface area contributed by atoms with Crippen molar-refractivity contribution in [1.29, 1.82) is 0 Å². The number of aromatic nitrogens is 1. The molecule has 0 fully saturated rings. The third-order valence-electron chi connectivity index (χ3n) is 4.17. The highest BCUT2D eigenvalue weighted by atomic mass is 16.1. The van der Waals surface area contributed by atoms with E-state index in [0.29, 0.717) is 6.04 Å². The topological polar surface area (TPSA) is 25.2 Å². The predicted octanol–water partition coefficient (Wildman–Crippen LogP) is 2.44. The van der Waals surface area contributed by atoms with Crippen molar-refractivity contribution in [2.24, 2.45) is 7.05 Å². The molecule has 2 aromatic rings. The van der Waals surface area contributed by atoms with E-state index < -0.39 is 0 Å². The Morgan fingerprint density at radius 1 is 1.33 bits per heavy atom. The zero-order valence-electron chi connectivity index (χ0n) is 11.1. The molecule has 0 amide bonds. The molecule has 0 radical (unpaired) electrons. The third kappa shape index (κ3) is 1.37. The molecule has 0 saturated heterocycles. The second kappa shape index (κ2) is 3.95. The van der Waals surface area contributed by atoms with Gasteiger partial charge >= 0.3 is 0 Å². The largest absolute Gasteiger partial charge is 0.346 e. The average molecular weight is 242 g/mol. The van der Waals surface area contributed by atoms with Gasteiger partial charge in [0.05, 0.1) is 5.52 Å². The highest BCUT2D eigenvalue weighted by molar-refractivity contribution is 5.80. The van der Waals surface area contributed by atoms with Gasteiger partial charge in [0.25, 0.3) is 0 Å². The second-order valence-electron chi connectivity index (χ2n) is 5.01. The molecule has 1 aliphatic heterocycles. The minimum atomic E-state index is 0.210. The van der Waals surface area contributed by atoms with Crippen LogP contribution in [0.1, 0.15) is 31.1 Å². The molecule has 0 saturated carbocycles. The van der Waals surface area contributed by atoms with Crippen LogP contribution in [0.25, 0.3) is 10.9 Å². The van der Waals surface area contributed by atoms with Crippen molar-refractivity contribution in [3.05, 3.63) is 45.7 Å². The van der Waals surface area contributed by atoms with Crippen LogP contribution in [0, 0.1) is 0 Å². The summed E-state index contributed by atoms with van der Waals surface area (Å²) in [6.45, 7) is 6.09. The Morgan fingerprint density at radius 3 is 2.78 bits per heavy atom. The summed E-state index contributed by atoms with van der Waals surface area (Å²) >= 11 is 0. The van der Waals surface area contributed by atoms with Crippen LogP contribution in [-0.4, -0.2) is 16.0 Å². The van der Waals surface area contributed by atoms with E-state index in [1.807, 2.05) is 24.3 Å². The van der Waals surface area contributed by atoms with Crippen LogP contribution in [0.3, 0.4) is 0 Å². The van der Waals surface area contributed by atoms with E-state index in [2.05, 4.69) is 30.4 Å². The van der Waals surface area contributed by atoms with Crippen molar-refractivity contribution in [2.75, 3.05) is 6.54 Å². The maximum atomic E-state index is 12.5. The lowest BCUT2D eigenvalue weighted by Gasteiger charge is -2.20. The number of benzene rings is 1. The molecule has 94 valence electrons. The Morgan fingerprint density at radius 2 is 2.06 bits per heavy atom. The molecular weight excluding hydrogens is 224 g/mol. The SMILES string of the molecule is CCN1Cc2c(n(C)c3ccccc3c2=O)C1C. The van der Waals surface area contributed by atoms with Crippen LogP contribution in [0.15, 0.2) is 29.1 Å². The molecular formula is C15H18N2O. The van der Waals surface area contributed by atoms with Crippen molar-refractivity contribution in [1.82, 2.24) is 9.47 Å². The summed E-state index contributed by atoms with van der Waals surface area (Å²) in [4.78, 5) is 14.9. The molecule has 1 aromatic carbocycles. The first-order valence-corrected chi connectivity index (χ1v) is 6.49. The normalized spacial score (nSPS) is 19.4. The first-order valence-electron chi connectivity index (χ1n) is 6.49. The van der Waals surface area contributed by atoms with Gasteiger partial charge < -0.3 is 4.57 Å². The van der Waals surface area contributed by atoms with Crippen molar-refractivity contribution >= 4 is 10.9 Å².